The fraction of sp³-hybridized carbons (Fsp3) is 0.364. The van der Waals surface area contributed by atoms with Crippen LogP contribution in [0.4, 0.5) is 8.78 Å². The van der Waals surface area contributed by atoms with E-state index in [0.717, 1.165) is 38.2 Å². The minimum atomic E-state index is -1.55. The van der Waals surface area contributed by atoms with Gasteiger partial charge in [-0.05, 0) is 37.1 Å². The number of nitrogens with zero attached hydrogens (tertiary/aromatic N) is 1. The highest BCUT2D eigenvalue weighted by Gasteiger charge is 2.38. The third-order valence-corrected chi connectivity index (χ3v) is 5.15. The predicted molar refractivity (Wildman–Crippen MR) is 99.2 cm³/mol. The molecule has 0 bridgehead atoms. The summed E-state index contributed by atoms with van der Waals surface area (Å²) in [5.74, 6) is -1.54. The molecule has 0 N–H and O–H groups in total. The Kier molecular flexibility index (Phi) is 5.93. The number of esters is 1. The van der Waals surface area contributed by atoms with Crippen LogP contribution in [-0.4, -0.2) is 12.3 Å². The number of ether oxygens (including phenoxy) is 2. The lowest BCUT2D eigenvalue weighted by molar-refractivity contribution is -0.0631. The molecule has 1 unspecified atom stereocenters. The Morgan fingerprint density at radius 3 is 2.57 bits per heavy atom. The van der Waals surface area contributed by atoms with Crippen LogP contribution >= 0.6 is 0 Å². The van der Waals surface area contributed by atoms with Crippen molar-refractivity contribution in [3.63, 3.8) is 0 Å². The fourth-order valence-electron chi connectivity index (χ4n) is 3.39. The van der Waals surface area contributed by atoms with Crippen LogP contribution in [0.25, 0.3) is 0 Å². The van der Waals surface area contributed by atoms with Gasteiger partial charge in [-0.3, -0.25) is 0 Å². The first kappa shape index (κ1) is 19.8. The van der Waals surface area contributed by atoms with Crippen molar-refractivity contribution in [1.29, 1.82) is 5.26 Å². The third-order valence-electron chi connectivity index (χ3n) is 5.15. The van der Waals surface area contributed by atoms with E-state index in [4.69, 9.17) is 14.7 Å². The molecule has 0 aliphatic heterocycles. The van der Waals surface area contributed by atoms with E-state index in [9.17, 15) is 13.6 Å². The quantitative estimate of drug-likeness (QED) is 0.499. The Morgan fingerprint density at radius 1 is 1.18 bits per heavy atom. The Balaban J connectivity index is 1.77. The second kappa shape index (κ2) is 8.39. The number of rotatable bonds is 5. The molecule has 3 rings (SSSR count). The maximum atomic E-state index is 14.9. The summed E-state index contributed by atoms with van der Waals surface area (Å²) < 4.78 is 39.3. The molecular formula is C22H21F2NO3. The highest BCUT2D eigenvalue weighted by Crippen LogP contribution is 2.41. The van der Waals surface area contributed by atoms with E-state index in [-0.39, 0.29) is 22.6 Å². The maximum absolute atomic E-state index is 14.9. The van der Waals surface area contributed by atoms with Crippen LogP contribution in [0.2, 0.25) is 0 Å². The molecule has 0 heterocycles. The first-order valence-electron chi connectivity index (χ1n) is 9.24. The van der Waals surface area contributed by atoms with Gasteiger partial charge in [-0.25, -0.2) is 13.6 Å². The van der Waals surface area contributed by atoms with Gasteiger partial charge in [-0.1, -0.05) is 38.3 Å². The van der Waals surface area contributed by atoms with Gasteiger partial charge in [0.2, 0.25) is 6.36 Å². The zero-order chi connectivity index (χ0) is 20.1. The Hall–Kier alpha value is -2.94. The van der Waals surface area contributed by atoms with E-state index in [0.29, 0.717) is 0 Å². The van der Waals surface area contributed by atoms with Gasteiger partial charge in [0.1, 0.15) is 28.9 Å². The van der Waals surface area contributed by atoms with Gasteiger partial charge >= 0.3 is 5.97 Å². The van der Waals surface area contributed by atoms with Gasteiger partial charge in [0.15, 0.2) is 0 Å². The van der Waals surface area contributed by atoms with Crippen LogP contribution in [0, 0.1) is 22.6 Å². The van der Waals surface area contributed by atoms with Crippen LogP contribution in [0.5, 0.6) is 11.5 Å². The van der Waals surface area contributed by atoms with E-state index in [1.165, 1.54) is 24.3 Å². The average Bonchev–Trinajstić information content (AvgIpc) is 2.69. The van der Waals surface area contributed by atoms with Crippen LogP contribution in [0.3, 0.4) is 0 Å². The maximum Gasteiger partial charge on any atom is 0.347 e. The molecule has 1 saturated carbocycles. The minimum Gasteiger partial charge on any atom is -0.459 e. The lowest BCUT2D eigenvalue weighted by Gasteiger charge is -2.36. The molecule has 28 heavy (non-hydrogen) atoms. The number of benzene rings is 2. The van der Waals surface area contributed by atoms with Crippen molar-refractivity contribution in [3.8, 4) is 17.6 Å². The van der Waals surface area contributed by atoms with Crippen LogP contribution in [0.15, 0.2) is 42.5 Å². The largest absolute Gasteiger partial charge is 0.459 e. The van der Waals surface area contributed by atoms with E-state index in [1.54, 1.807) is 18.2 Å². The minimum absolute atomic E-state index is 0.0488. The van der Waals surface area contributed by atoms with Crippen molar-refractivity contribution in [2.24, 2.45) is 5.41 Å². The van der Waals surface area contributed by atoms with Crippen molar-refractivity contribution in [3.05, 3.63) is 59.4 Å². The van der Waals surface area contributed by atoms with Crippen LogP contribution < -0.4 is 9.47 Å². The molecule has 1 fully saturated rings. The summed E-state index contributed by atoms with van der Waals surface area (Å²) in [6.45, 7) is 1.86. The number of carbonyl (C=O) groups is 1. The van der Waals surface area contributed by atoms with Crippen molar-refractivity contribution in [1.82, 2.24) is 0 Å². The summed E-state index contributed by atoms with van der Waals surface area (Å²) in [7, 11) is 0. The molecule has 1 aliphatic carbocycles. The van der Waals surface area contributed by atoms with Crippen molar-refractivity contribution in [2.75, 3.05) is 0 Å². The fourth-order valence-corrected chi connectivity index (χ4v) is 3.39. The van der Waals surface area contributed by atoms with E-state index in [2.05, 4.69) is 0 Å². The summed E-state index contributed by atoms with van der Waals surface area (Å²) in [5.41, 5.74) is -0.690. The molecule has 0 amide bonds. The lowest BCUT2D eigenvalue weighted by atomic mass is 9.75. The van der Waals surface area contributed by atoms with Gasteiger partial charge in [-0.15, -0.1) is 0 Å². The highest BCUT2D eigenvalue weighted by molar-refractivity contribution is 5.94. The third kappa shape index (κ3) is 4.30. The normalized spacial score (nSPS) is 16.6. The van der Waals surface area contributed by atoms with Crippen molar-refractivity contribution in [2.45, 2.75) is 45.4 Å². The van der Waals surface area contributed by atoms with Gasteiger partial charge in [0.05, 0.1) is 5.56 Å². The molecule has 2 aromatic carbocycles. The summed E-state index contributed by atoms with van der Waals surface area (Å²) in [6.07, 6.45) is 2.90. The topological polar surface area (TPSA) is 59.3 Å². The second-order valence-corrected chi connectivity index (χ2v) is 7.29. The number of hydrogen-bond acceptors (Lipinski definition) is 4. The first-order chi connectivity index (χ1) is 13.4. The lowest BCUT2D eigenvalue weighted by Crippen LogP contribution is -2.35. The van der Waals surface area contributed by atoms with E-state index < -0.39 is 23.6 Å². The summed E-state index contributed by atoms with van der Waals surface area (Å²) in [6, 6.07) is 11.4. The monoisotopic (exact) mass is 385 g/mol. The number of alkyl halides is 1. The van der Waals surface area contributed by atoms with Gasteiger partial charge in [-0.2, -0.15) is 5.26 Å². The predicted octanol–water partition coefficient (Wildman–Crippen LogP) is 5.56. The van der Waals surface area contributed by atoms with Gasteiger partial charge in [0, 0.05) is 11.5 Å². The van der Waals surface area contributed by atoms with E-state index in [1.807, 2.05) is 6.92 Å². The molecule has 0 spiro atoms. The van der Waals surface area contributed by atoms with Crippen LogP contribution in [-0.2, 0) is 0 Å². The van der Waals surface area contributed by atoms with Crippen molar-refractivity contribution < 1.29 is 23.0 Å². The number of hydrogen-bond donors (Lipinski definition) is 0. The van der Waals surface area contributed by atoms with E-state index >= 15 is 0 Å². The Labute approximate surface area is 162 Å². The second-order valence-electron chi connectivity index (χ2n) is 7.29. The number of carbonyl (C=O) groups excluding carboxylic acids is 1. The Bertz CT molecular complexity index is 901. The zero-order valence-electron chi connectivity index (χ0n) is 15.6. The molecule has 6 heteroatoms. The van der Waals surface area contributed by atoms with Gasteiger partial charge in [0.25, 0.3) is 0 Å². The molecule has 0 saturated heterocycles. The summed E-state index contributed by atoms with van der Waals surface area (Å²) in [4.78, 5) is 12.5. The Morgan fingerprint density at radius 2 is 1.89 bits per heavy atom. The van der Waals surface area contributed by atoms with Crippen molar-refractivity contribution >= 4 is 5.97 Å². The molecule has 0 aromatic heterocycles. The standard InChI is InChI=1S/C22H21F2NO3/c1-22(11-5-2-6-12-22)21(24)28-19-8-4-3-7-17(19)20(26)27-16-10-9-15(14-25)18(23)13-16/h3-4,7-10,13,21H,2,5-6,11-12H2,1H3. The van der Waals surface area contributed by atoms with Crippen LogP contribution in [0.1, 0.15) is 54.9 Å². The molecule has 0 radical (unpaired) electrons. The summed E-state index contributed by atoms with van der Waals surface area (Å²) in [5, 5.41) is 8.77. The molecule has 1 atom stereocenters. The number of halogens is 2. The molecule has 2 aromatic rings. The zero-order valence-corrected chi connectivity index (χ0v) is 15.6. The highest BCUT2D eigenvalue weighted by atomic mass is 19.1. The van der Waals surface area contributed by atoms with Gasteiger partial charge < -0.3 is 9.47 Å². The molecule has 1 aliphatic rings. The first-order valence-corrected chi connectivity index (χ1v) is 9.24. The molecular weight excluding hydrogens is 364 g/mol. The molecule has 146 valence electrons. The number of nitriles is 1. The number of para-hydroxylation sites is 1. The average molecular weight is 385 g/mol. The summed E-state index contributed by atoms with van der Waals surface area (Å²) >= 11 is 0. The SMILES string of the molecule is CC1(C(F)Oc2ccccc2C(=O)Oc2ccc(C#N)c(F)c2)CCCCC1. The molecule has 4 nitrogen and oxygen atoms in total. The smallest absolute Gasteiger partial charge is 0.347 e.